The van der Waals surface area contributed by atoms with Gasteiger partial charge >= 0.3 is 0 Å². The van der Waals surface area contributed by atoms with Crippen LogP contribution in [0.5, 0.6) is 0 Å². The van der Waals surface area contributed by atoms with Crippen LogP contribution in [0.15, 0.2) is 52.5 Å². The molecule has 28 heavy (non-hydrogen) atoms. The van der Waals surface area contributed by atoms with Gasteiger partial charge in [-0.3, -0.25) is 19.1 Å². The molecule has 3 heterocycles. The number of aromatic nitrogens is 3. The zero-order chi connectivity index (χ0) is 19.9. The average Bonchev–Trinajstić information content (AvgIpc) is 2.67. The third-order valence-corrected chi connectivity index (χ3v) is 5.97. The molecule has 7 heteroatoms. The van der Waals surface area contributed by atoms with Crippen molar-refractivity contribution in [3.8, 4) is 0 Å². The smallest absolute Gasteiger partial charge is 0.254 e. The molecule has 0 aliphatic carbocycles. The number of pyridine rings is 1. The minimum atomic E-state index is -0.301. The molecule has 2 aromatic heterocycles. The highest BCUT2D eigenvalue weighted by atomic mass is 32.2. The number of fused-ring (bicyclic) bond motifs is 2. The van der Waals surface area contributed by atoms with E-state index in [4.69, 9.17) is 0 Å². The zero-order valence-electron chi connectivity index (χ0n) is 16.1. The van der Waals surface area contributed by atoms with Gasteiger partial charge in [0.15, 0.2) is 5.16 Å². The maximum Gasteiger partial charge on any atom is 0.254 e. The van der Waals surface area contributed by atoms with Gasteiger partial charge in [0.05, 0.1) is 22.8 Å². The van der Waals surface area contributed by atoms with Gasteiger partial charge in [-0.2, -0.15) is 0 Å². The first kappa shape index (κ1) is 18.7. The molecular formula is C21H22N4O2S. The van der Waals surface area contributed by atoms with Crippen molar-refractivity contribution in [2.45, 2.75) is 37.9 Å². The van der Waals surface area contributed by atoms with Gasteiger partial charge in [0, 0.05) is 35.4 Å². The molecule has 0 fully saturated rings. The van der Waals surface area contributed by atoms with Crippen LogP contribution in [0.3, 0.4) is 0 Å². The SMILES string of the molecule is CC(C)(C)c1cc(=O)n2c(n1)SCC(C(=O)Nc1cccc3ncccc13)C2. The van der Waals surface area contributed by atoms with Crippen LogP contribution in [0.4, 0.5) is 5.69 Å². The molecule has 6 nitrogen and oxygen atoms in total. The molecule has 4 rings (SSSR count). The van der Waals surface area contributed by atoms with E-state index in [9.17, 15) is 9.59 Å². The van der Waals surface area contributed by atoms with Crippen LogP contribution >= 0.6 is 11.8 Å². The highest BCUT2D eigenvalue weighted by Gasteiger charge is 2.29. The predicted octanol–water partition coefficient (Wildman–Crippen LogP) is 3.45. The van der Waals surface area contributed by atoms with Crippen molar-refractivity contribution >= 4 is 34.3 Å². The van der Waals surface area contributed by atoms with Gasteiger partial charge < -0.3 is 5.32 Å². The number of rotatable bonds is 2. The molecule has 0 saturated heterocycles. The average molecular weight is 395 g/mol. The summed E-state index contributed by atoms with van der Waals surface area (Å²) in [5, 5.41) is 4.60. The fourth-order valence-corrected chi connectivity index (χ4v) is 4.29. The van der Waals surface area contributed by atoms with E-state index in [1.54, 1.807) is 16.8 Å². The summed E-state index contributed by atoms with van der Waals surface area (Å²) in [5.41, 5.74) is 2.06. The third-order valence-electron chi connectivity index (χ3n) is 4.83. The lowest BCUT2D eigenvalue weighted by atomic mass is 9.92. The first-order valence-corrected chi connectivity index (χ1v) is 10.2. The molecule has 1 N–H and O–H groups in total. The van der Waals surface area contributed by atoms with E-state index in [-0.39, 0.29) is 22.8 Å². The molecule has 0 radical (unpaired) electrons. The van der Waals surface area contributed by atoms with Crippen molar-refractivity contribution in [1.82, 2.24) is 14.5 Å². The molecule has 1 aliphatic heterocycles. The summed E-state index contributed by atoms with van der Waals surface area (Å²) in [7, 11) is 0. The largest absolute Gasteiger partial charge is 0.325 e. The lowest BCUT2D eigenvalue weighted by Crippen LogP contribution is -2.37. The van der Waals surface area contributed by atoms with Crippen LogP contribution < -0.4 is 10.9 Å². The van der Waals surface area contributed by atoms with Crippen LogP contribution in [0, 0.1) is 5.92 Å². The highest BCUT2D eigenvalue weighted by molar-refractivity contribution is 7.99. The molecule has 0 bridgehead atoms. The van der Waals surface area contributed by atoms with Crippen LogP contribution in [-0.2, 0) is 16.8 Å². The summed E-state index contributed by atoms with van der Waals surface area (Å²) in [5.74, 6) is 0.195. The van der Waals surface area contributed by atoms with Crippen molar-refractivity contribution in [2.75, 3.05) is 11.1 Å². The monoisotopic (exact) mass is 394 g/mol. The van der Waals surface area contributed by atoms with Gasteiger partial charge in [0.25, 0.3) is 5.56 Å². The van der Waals surface area contributed by atoms with E-state index in [1.165, 1.54) is 11.8 Å². The fraction of sp³-hybridized carbons (Fsp3) is 0.333. The Morgan fingerprint density at radius 3 is 2.86 bits per heavy atom. The van der Waals surface area contributed by atoms with Crippen molar-refractivity contribution in [3.63, 3.8) is 0 Å². The summed E-state index contributed by atoms with van der Waals surface area (Å²) in [4.78, 5) is 34.5. The number of carbonyl (C=O) groups is 1. The second-order valence-corrected chi connectivity index (χ2v) is 8.98. The molecule has 1 amide bonds. The van der Waals surface area contributed by atoms with Crippen LogP contribution in [-0.4, -0.2) is 26.2 Å². The molecule has 3 aromatic rings. The summed E-state index contributed by atoms with van der Waals surface area (Å²) in [6, 6.07) is 11.0. The second-order valence-electron chi connectivity index (χ2n) is 8.00. The first-order chi connectivity index (χ1) is 13.3. The van der Waals surface area contributed by atoms with Crippen molar-refractivity contribution in [3.05, 3.63) is 58.6 Å². The van der Waals surface area contributed by atoms with E-state index in [0.29, 0.717) is 17.5 Å². The van der Waals surface area contributed by atoms with Gasteiger partial charge in [-0.05, 0) is 24.3 Å². The quantitative estimate of drug-likeness (QED) is 0.674. The Bertz CT molecular complexity index is 1110. The number of benzene rings is 1. The Labute approximate surface area is 167 Å². The minimum absolute atomic E-state index is 0.0960. The van der Waals surface area contributed by atoms with Crippen LogP contribution in [0.1, 0.15) is 26.5 Å². The van der Waals surface area contributed by atoms with Crippen LogP contribution in [0.2, 0.25) is 0 Å². The van der Waals surface area contributed by atoms with Crippen molar-refractivity contribution < 1.29 is 4.79 Å². The Hall–Kier alpha value is -2.67. The van der Waals surface area contributed by atoms with E-state index in [0.717, 1.165) is 22.3 Å². The highest BCUT2D eigenvalue weighted by Crippen LogP contribution is 2.29. The fourth-order valence-electron chi connectivity index (χ4n) is 3.20. The normalized spacial score (nSPS) is 16.6. The lowest BCUT2D eigenvalue weighted by Gasteiger charge is -2.26. The standard InChI is InChI=1S/C21H22N4O2S/c1-21(2,3)17-10-18(26)25-11-13(12-28-20(25)24-17)19(27)23-16-8-4-7-15-14(16)6-5-9-22-15/h4-10,13H,11-12H2,1-3H3,(H,23,27). The molecule has 144 valence electrons. The van der Waals surface area contributed by atoms with Crippen molar-refractivity contribution in [2.24, 2.45) is 5.92 Å². The Kier molecular flexibility index (Phi) is 4.71. The van der Waals surface area contributed by atoms with E-state index in [2.05, 4.69) is 15.3 Å². The van der Waals surface area contributed by atoms with E-state index in [1.807, 2.05) is 51.1 Å². The molecule has 1 atom stereocenters. The number of thioether (sulfide) groups is 1. The zero-order valence-corrected chi connectivity index (χ0v) is 16.9. The van der Waals surface area contributed by atoms with Gasteiger partial charge in [-0.15, -0.1) is 0 Å². The summed E-state index contributed by atoms with van der Waals surface area (Å²) in [6.45, 7) is 6.45. The number of hydrogen-bond donors (Lipinski definition) is 1. The number of hydrogen-bond acceptors (Lipinski definition) is 5. The maximum absolute atomic E-state index is 12.9. The summed E-state index contributed by atoms with van der Waals surface area (Å²) in [6.07, 6.45) is 1.73. The maximum atomic E-state index is 12.9. The van der Waals surface area contributed by atoms with Gasteiger partial charge in [0.2, 0.25) is 5.91 Å². The predicted molar refractivity (Wildman–Crippen MR) is 112 cm³/mol. The Morgan fingerprint density at radius 1 is 1.25 bits per heavy atom. The van der Waals surface area contributed by atoms with E-state index >= 15 is 0 Å². The molecule has 1 unspecified atom stereocenters. The summed E-state index contributed by atoms with van der Waals surface area (Å²) >= 11 is 1.46. The Balaban J connectivity index is 1.57. The van der Waals surface area contributed by atoms with Crippen molar-refractivity contribution in [1.29, 1.82) is 0 Å². The third kappa shape index (κ3) is 3.54. The molecule has 1 aromatic carbocycles. The number of amides is 1. The molecular weight excluding hydrogens is 372 g/mol. The number of carbonyl (C=O) groups excluding carboxylic acids is 1. The lowest BCUT2D eigenvalue weighted by molar-refractivity contribution is -0.119. The number of anilines is 1. The number of nitrogens with one attached hydrogen (secondary N) is 1. The van der Waals surface area contributed by atoms with Gasteiger partial charge in [-0.1, -0.05) is 38.6 Å². The second kappa shape index (κ2) is 7.05. The Morgan fingerprint density at radius 2 is 2.07 bits per heavy atom. The number of nitrogens with zero attached hydrogens (tertiary/aromatic N) is 3. The van der Waals surface area contributed by atoms with Crippen LogP contribution in [0.25, 0.3) is 10.9 Å². The molecule has 0 spiro atoms. The minimum Gasteiger partial charge on any atom is -0.325 e. The van der Waals surface area contributed by atoms with Gasteiger partial charge in [0.1, 0.15) is 0 Å². The topological polar surface area (TPSA) is 76.9 Å². The summed E-state index contributed by atoms with van der Waals surface area (Å²) < 4.78 is 1.61. The van der Waals surface area contributed by atoms with Gasteiger partial charge in [-0.25, -0.2) is 4.98 Å². The van der Waals surface area contributed by atoms with E-state index < -0.39 is 0 Å². The first-order valence-electron chi connectivity index (χ1n) is 9.23. The molecule has 0 saturated carbocycles. The molecule has 1 aliphatic rings.